The first-order valence-electron chi connectivity index (χ1n) is 9.99. The zero-order valence-corrected chi connectivity index (χ0v) is 15.1. The number of nitrogens with zero attached hydrogens (tertiary/aromatic N) is 2. The molecular formula is C22H21FN2O2. The van der Waals surface area contributed by atoms with Crippen LogP contribution < -0.4 is 0 Å². The van der Waals surface area contributed by atoms with Gasteiger partial charge in [-0.25, -0.2) is 4.39 Å². The second-order valence-corrected chi connectivity index (χ2v) is 6.97. The molecule has 4 rings (SSSR count). The van der Waals surface area contributed by atoms with Gasteiger partial charge >= 0.3 is 5.97 Å². The number of halogens is 1. The van der Waals surface area contributed by atoms with E-state index in [1.54, 1.807) is 18.3 Å². The van der Waals surface area contributed by atoms with Gasteiger partial charge in [0.1, 0.15) is 5.82 Å². The lowest BCUT2D eigenvalue weighted by atomic mass is 9.97. The van der Waals surface area contributed by atoms with Gasteiger partial charge in [-0.3, -0.25) is 9.79 Å². The second-order valence-electron chi connectivity index (χ2n) is 6.97. The minimum Gasteiger partial charge on any atom is -0.481 e. The number of aryl methyl sites for hydroxylation is 1. The smallest absolute Gasteiger partial charge is 0.303 e. The fraction of sp³-hybridized carbons (Fsp3) is 0.273. The van der Waals surface area contributed by atoms with Crippen LogP contribution in [0.1, 0.15) is 51.3 Å². The molecule has 4 nitrogen and oxygen atoms in total. The SMILES string of the molecule is [2H]C(C(=O)O)C([2H])c1c(C(C)C)n(-c2ccc(F)cc2)c2cc3c(cc12)CN=C3. The fourth-order valence-corrected chi connectivity index (χ4v) is 3.70. The van der Waals surface area contributed by atoms with Crippen molar-refractivity contribution in [2.24, 2.45) is 4.99 Å². The van der Waals surface area contributed by atoms with E-state index in [0.717, 1.165) is 33.4 Å². The van der Waals surface area contributed by atoms with Gasteiger partial charge in [0.15, 0.2) is 0 Å². The standard InChI is InChI=1S/C22H21FN2O2/c1-13(2)22-18(7-8-21(26)27)19-9-14-11-24-12-15(14)10-20(19)25(22)17-5-3-16(23)4-6-17/h3-6,9-10,12-13H,7-8,11H2,1-2H3,(H,26,27)/i7D,8D. The summed E-state index contributed by atoms with van der Waals surface area (Å²) in [5.74, 6) is -1.72. The first kappa shape index (κ1) is 15.1. The summed E-state index contributed by atoms with van der Waals surface area (Å²) in [6, 6.07) is 10.0. The van der Waals surface area contributed by atoms with Gasteiger partial charge in [0, 0.05) is 32.1 Å². The number of fused-ring (bicyclic) bond motifs is 2. The molecule has 0 fully saturated rings. The van der Waals surface area contributed by atoms with Crippen LogP contribution in [0.15, 0.2) is 41.4 Å². The number of aromatic nitrogens is 1. The van der Waals surface area contributed by atoms with Crippen LogP contribution in [-0.2, 0) is 17.7 Å². The molecular weight excluding hydrogens is 343 g/mol. The summed E-state index contributed by atoms with van der Waals surface area (Å²) in [5.41, 5.74) is 4.82. The van der Waals surface area contributed by atoms with Crippen molar-refractivity contribution >= 4 is 23.1 Å². The van der Waals surface area contributed by atoms with Crippen LogP contribution in [0.25, 0.3) is 16.6 Å². The minimum absolute atomic E-state index is 0.0418. The Bertz CT molecular complexity index is 1140. The molecule has 138 valence electrons. The Morgan fingerprint density at radius 3 is 2.74 bits per heavy atom. The van der Waals surface area contributed by atoms with Crippen LogP contribution in [-0.4, -0.2) is 21.9 Å². The number of aliphatic carboxylic acids is 1. The van der Waals surface area contributed by atoms with E-state index >= 15 is 0 Å². The van der Waals surface area contributed by atoms with Gasteiger partial charge in [0.05, 0.1) is 12.1 Å². The molecule has 2 unspecified atom stereocenters. The topological polar surface area (TPSA) is 54.6 Å². The second kappa shape index (κ2) is 6.65. The predicted octanol–water partition coefficient (Wildman–Crippen LogP) is 4.84. The number of hydrogen-bond donors (Lipinski definition) is 1. The largest absolute Gasteiger partial charge is 0.481 e. The van der Waals surface area contributed by atoms with Gasteiger partial charge in [-0.05, 0) is 65.4 Å². The van der Waals surface area contributed by atoms with Crippen LogP contribution in [0.3, 0.4) is 0 Å². The molecule has 0 saturated carbocycles. The van der Waals surface area contributed by atoms with E-state index in [2.05, 4.69) is 4.99 Å². The Labute approximate surface area is 159 Å². The van der Waals surface area contributed by atoms with Crippen molar-refractivity contribution in [2.45, 2.75) is 39.1 Å². The third-order valence-electron chi connectivity index (χ3n) is 4.82. The van der Waals surface area contributed by atoms with Crippen molar-refractivity contribution in [2.75, 3.05) is 0 Å². The van der Waals surface area contributed by atoms with Crippen LogP contribution >= 0.6 is 0 Å². The Morgan fingerprint density at radius 2 is 2.07 bits per heavy atom. The number of aliphatic imine (C=N–C) groups is 1. The molecule has 0 aliphatic carbocycles. The molecule has 0 saturated heterocycles. The maximum absolute atomic E-state index is 13.5. The molecule has 1 N–H and O–H groups in total. The van der Waals surface area contributed by atoms with E-state index in [0.29, 0.717) is 12.1 Å². The fourth-order valence-electron chi connectivity index (χ4n) is 3.70. The van der Waals surface area contributed by atoms with E-state index in [1.165, 1.54) is 12.1 Å². The van der Waals surface area contributed by atoms with Crippen molar-refractivity contribution in [3.05, 3.63) is 64.6 Å². The van der Waals surface area contributed by atoms with Crippen LogP contribution in [0.5, 0.6) is 0 Å². The molecule has 2 aromatic carbocycles. The van der Waals surface area contributed by atoms with Gasteiger partial charge < -0.3 is 9.67 Å². The highest BCUT2D eigenvalue weighted by atomic mass is 19.1. The first-order valence-corrected chi connectivity index (χ1v) is 8.83. The van der Waals surface area contributed by atoms with Crippen molar-refractivity contribution in [3.8, 4) is 5.69 Å². The van der Waals surface area contributed by atoms with E-state index in [1.807, 2.05) is 30.5 Å². The summed E-state index contributed by atoms with van der Waals surface area (Å²) in [4.78, 5) is 15.8. The number of carbonyl (C=O) groups is 1. The molecule has 27 heavy (non-hydrogen) atoms. The first-order chi connectivity index (χ1) is 13.8. The number of hydrogen-bond acceptors (Lipinski definition) is 2. The summed E-state index contributed by atoms with van der Waals surface area (Å²) in [7, 11) is 0. The third kappa shape index (κ3) is 3.03. The van der Waals surface area contributed by atoms with Gasteiger partial charge in [-0.15, -0.1) is 0 Å². The summed E-state index contributed by atoms with van der Waals surface area (Å²) >= 11 is 0. The molecule has 2 heterocycles. The number of rotatable bonds is 5. The van der Waals surface area contributed by atoms with Crippen molar-refractivity contribution in [1.82, 2.24) is 4.57 Å². The normalized spacial score (nSPS) is 16.3. The van der Waals surface area contributed by atoms with Crippen molar-refractivity contribution < 1.29 is 17.0 Å². The minimum atomic E-state index is -1.61. The highest BCUT2D eigenvalue weighted by Gasteiger charge is 2.23. The zero-order valence-electron chi connectivity index (χ0n) is 17.1. The van der Waals surface area contributed by atoms with Gasteiger partial charge in [0.2, 0.25) is 0 Å². The van der Waals surface area contributed by atoms with Gasteiger partial charge in [-0.1, -0.05) is 13.8 Å². The van der Waals surface area contributed by atoms with Gasteiger partial charge in [-0.2, -0.15) is 0 Å². The molecule has 1 aliphatic rings. The lowest BCUT2D eigenvalue weighted by Crippen LogP contribution is -2.06. The zero-order chi connectivity index (χ0) is 20.9. The average Bonchev–Trinajstić information content (AvgIpc) is 3.27. The lowest BCUT2D eigenvalue weighted by Gasteiger charge is -2.15. The molecule has 1 aromatic heterocycles. The Morgan fingerprint density at radius 1 is 1.33 bits per heavy atom. The van der Waals surface area contributed by atoms with E-state index in [4.69, 9.17) is 2.74 Å². The highest BCUT2D eigenvalue weighted by molar-refractivity contribution is 5.96. The maximum atomic E-state index is 13.5. The molecule has 0 bridgehead atoms. The number of benzene rings is 2. The predicted molar refractivity (Wildman–Crippen MR) is 105 cm³/mol. The summed E-state index contributed by atoms with van der Waals surface area (Å²) in [6.07, 6.45) is -1.06. The number of carboxylic acid groups (broad SMARTS) is 1. The van der Waals surface area contributed by atoms with Crippen LogP contribution in [0.4, 0.5) is 4.39 Å². The quantitative estimate of drug-likeness (QED) is 0.702. The van der Waals surface area contributed by atoms with Crippen LogP contribution in [0, 0.1) is 5.82 Å². The average molecular weight is 366 g/mol. The molecule has 0 amide bonds. The maximum Gasteiger partial charge on any atom is 0.303 e. The Kier molecular flexibility index (Phi) is 3.73. The monoisotopic (exact) mass is 366 g/mol. The van der Waals surface area contributed by atoms with Crippen LogP contribution in [0.2, 0.25) is 0 Å². The molecule has 0 spiro atoms. The molecule has 0 radical (unpaired) electrons. The summed E-state index contributed by atoms with van der Waals surface area (Å²) in [6.45, 7) is 4.48. The van der Waals surface area contributed by atoms with Crippen molar-refractivity contribution in [3.63, 3.8) is 0 Å². The summed E-state index contributed by atoms with van der Waals surface area (Å²) in [5, 5.41) is 10.1. The molecule has 3 aromatic rings. The summed E-state index contributed by atoms with van der Waals surface area (Å²) < 4.78 is 32.1. The lowest BCUT2D eigenvalue weighted by molar-refractivity contribution is -0.136. The molecule has 1 aliphatic heterocycles. The number of carboxylic acids is 1. The van der Waals surface area contributed by atoms with Gasteiger partial charge in [0.25, 0.3) is 0 Å². The highest BCUT2D eigenvalue weighted by Crippen LogP contribution is 2.37. The van der Waals surface area contributed by atoms with E-state index in [9.17, 15) is 14.3 Å². The van der Waals surface area contributed by atoms with E-state index in [-0.39, 0.29) is 11.7 Å². The Balaban J connectivity index is 2.09. The van der Waals surface area contributed by atoms with Crippen molar-refractivity contribution in [1.29, 1.82) is 0 Å². The third-order valence-corrected chi connectivity index (χ3v) is 4.82. The molecule has 2 atom stereocenters. The van der Waals surface area contributed by atoms with E-state index < -0.39 is 18.8 Å². The molecule has 5 heteroatoms. The Hall–Kier alpha value is -2.95.